The summed E-state index contributed by atoms with van der Waals surface area (Å²) in [6.45, 7) is 2.92. The van der Waals surface area contributed by atoms with Gasteiger partial charge in [0, 0.05) is 6.07 Å². The van der Waals surface area contributed by atoms with Crippen molar-refractivity contribution in [2.75, 3.05) is 6.61 Å². The Kier molecular flexibility index (Phi) is 14.1. The lowest BCUT2D eigenvalue weighted by Crippen LogP contribution is -2.28. The van der Waals surface area contributed by atoms with Crippen LogP contribution in [0.1, 0.15) is 103 Å². The molecule has 0 fully saturated rings. The van der Waals surface area contributed by atoms with E-state index in [1.165, 1.54) is 96.1 Å². The van der Waals surface area contributed by atoms with Gasteiger partial charge in [-0.05, 0) is 12.5 Å². The van der Waals surface area contributed by atoms with Gasteiger partial charge >= 0.3 is 5.88 Å². The zero-order valence-corrected chi connectivity index (χ0v) is 16.4. The maximum atomic E-state index is 11.4. The molecule has 0 aliphatic carbocycles. The van der Waals surface area contributed by atoms with Gasteiger partial charge in [-0.25, -0.2) is 0 Å². The first-order valence-electron chi connectivity index (χ1n) is 10.7. The number of ether oxygens (including phenoxy) is 1. The second-order valence-corrected chi connectivity index (χ2v) is 7.16. The van der Waals surface area contributed by atoms with Crippen LogP contribution in [0.4, 0.5) is 0 Å². The van der Waals surface area contributed by atoms with Crippen LogP contribution in [0.3, 0.4) is 0 Å². The Morgan fingerprint density at radius 3 is 1.68 bits per heavy atom. The van der Waals surface area contributed by atoms with Gasteiger partial charge in [0.2, 0.25) is 0 Å². The fraction of sp³-hybridized carbons (Fsp3) is 0.773. The van der Waals surface area contributed by atoms with E-state index in [-0.39, 0.29) is 0 Å². The highest BCUT2D eigenvalue weighted by molar-refractivity contribution is 5.02. The van der Waals surface area contributed by atoms with Gasteiger partial charge in [0.15, 0.2) is 6.20 Å². The highest BCUT2D eigenvalue weighted by Gasteiger charge is 2.03. The van der Waals surface area contributed by atoms with Crippen LogP contribution in [-0.4, -0.2) is 6.61 Å². The Balaban J connectivity index is 1.75. The summed E-state index contributed by atoms with van der Waals surface area (Å²) in [6.07, 6.45) is 21.9. The van der Waals surface area contributed by atoms with Crippen LogP contribution in [0, 0.1) is 5.21 Å². The van der Waals surface area contributed by atoms with Crippen LogP contribution in [0.5, 0.6) is 5.88 Å². The van der Waals surface area contributed by atoms with E-state index < -0.39 is 0 Å². The van der Waals surface area contributed by atoms with Gasteiger partial charge in [0.25, 0.3) is 0 Å². The van der Waals surface area contributed by atoms with Gasteiger partial charge in [-0.1, -0.05) is 96.8 Å². The van der Waals surface area contributed by atoms with Crippen molar-refractivity contribution >= 4 is 0 Å². The molecule has 0 saturated heterocycles. The summed E-state index contributed by atoms with van der Waals surface area (Å²) in [7, 11) is 0. The Morgan fingerprint density at radius 1 is 0.720 bits per heavy atom. The van der Waals surface area contributed by atoms with E-state index in [2.05, 4.69) is 6.92 Å². The molecular weight excluding hydrogens is 310 g/mol. The van der Waals surface area contributed by atoms with Crippen LogP contribution in [0.25, 0.3) is 0 Å². The Morgan fingerprint density at radius 2 is 1.20 bits per heavy atom. The predicted molar refractivity (Wildman–Crippen MR) is 106 cm³/mol. The van der Waals surface area contributed by atoms with Gasteiger partial charge in [-0.2, -0.15) is 0 Å². The molecule has 0 atom stereocenters. The van der Waals surface area contributed by atoms with Crippen LogP contribution in [0.2, 0.25) is 0 Å². The molecule has 0 unspecified atom stereocenters. The lowest BCUT2D eigenvalue weighted by atomic mass is 10.0. The van der Waals surface area contributed by atoms with E-state index >= 15 is 0 Å². The molecule has 25 heavy (non-hydrogen) atoms. The average Bonchev–Trinajstić information content (AvgIpc) is 2.63. The van der Waals surface area contributed by atoms with E-state index in [4.69, 9.17) is 4.74 Å². The second kappa shape index (κ2) is 16.2. The van der Waals surface area contributed by atoms with Crippen LogP contribution in [0.15, 0.2) is 24.4 Å². The van der Waals surface area contributed by atoms with E-state index in [1.807, 2.05) is 6.07 Å². The number of pyridine rings is 1. The second-order valence-electron chi connectivity index (χ2n) is 7.16. The lowest BCUT2D eigenvalue weighted by Gasteiger charge is -2.06. The first-order valence-corrected chi connectivity index (χ1v) is 10.7. The van der Waals surface area contributed by atoms with Crippen molar-refractivity contribution in [3.8, 4) is 5.88 Å². The molecule has 0 aromatic carbocycles. The minimum absolute atomic E-state index is 0.410. The largest absolute Gasteiger partial charge is 0.616 e. The Labute approximate surface area is 155 Å². The highest BCUT2D eigenvalue weighted by Crippen LogP contribution is 2.13. The lowest BCUT2D eigenvalue weighted by molar-refractivity contribution is -0.612. The van der Waals surface area contributed by atoms with E-state index in [0.717, 1.165) is 11.2 Å². The number of hydrogen-bond donors (Lipinski definition) is 0. The van der Waals surface area contributed by atoms with E-state index in [0.29, 0.717) is 12.5 Å². The fourth-order valence-electron chi connectivity index (χ4n) is 3.17. The molecule has 0 aliphatic rings. The summed E-state index contributed by atoms with van der Waals surface area (Å²) in [5.41, 5.74) is 0. The predicted octanol–water partition coefficient (Wildman–Crippen LogP) is 6.57. The van der Waals surface area contributed by atoms with Crippen molar-refractivity contribution < 1.29 is 9.47 Å². The first-order chi connectivity index (χ1) is 12.3. The highest BCUT2D eigenvalue weighted by atomic mass is 16.5. The summed E-state index contributed by atoms with van der Waals surface area (Å²) < 4.78 is 6.28. The minimum atomic E-state index is 0.410. The van der Waals surface area contributed by atoms with E-state index in [1.54, 1.807) is 12.1 Å². The van der Waals surface area contributed by atoms with Gasteiger partial charge in [-0.3, -0.25) is 0 Å². The quantitative estimate of drug-likeness (QED) is 0.181. The zero-order valence-electron chi connectivity index (χ0n) is 16.4. The molecule has 1 rings (SSSR count). The summed E-state index contributed by atoms with van der Waals surface area (Å²) in [5.74, 6) is 0.410. The standard InChI is InChI=1S/C22H39NO2/c1-2-3-4-5-6-7-8-9-10-11-12-13-14-15-18-21-25-22-19-16-17-20-23(22)24/h16-17,19-20H,2-15,18,21H2,1H3. The molecule has 0 aliphatic heterocycles. The molecule has 1 aromatic heterocycles. The van der Waals surface area contributed by atoms with Gasteiger partial charge in [-0.15, -0.1) is 4.73 Å². The third kappa shape index (κ3) is 12.7. The van der Waals surface area contributed by atoms with Crippen LogP contribution < -0.4 is 9.47 Å². The maximum absolute atomic E-state index is 11.4. The van der Waals surface area contributed by atoms with Crippen molar-refractivity contribution in [1.29, 1.82) is 0 Å². The Hall–Kier alpha value is -1.25. The summed E-state index contributed by atoms with van der Waals surface area (Å²) in [6, 6.07) is 5.27. The number of hydrogen-bond acceptors (Lipinski definition) is 2. The summed E-state index contributed by atoms with van der Waals surface area (Å²) in [4.78, 5) is 0. The zero-order chi connectivity index (χ0) is 18.0. The van der Waals surface area contributed by atoms with Crippen molar-refractivity contribution in [2.45, 2.75) is 103 Å². The topological polar surface area (TPSA) is 36.2 Å². The van der Waals surface area contributed by atoms with Crippen molar-refractivity contribution in [3.05, 3.63) is 29.6 Å². The van der Waals surface area contributed by atoms with Gasteiger partial charge in [0.1, 0.15) is 0 Å². The van der Waals surface area contributed by atoms with Gasteiger partial charge < -0.3 is 9.94 Å². The molecule has 144 valence electrons. The molecule has 1 heterocycles. The molecule has 0 amide bonds. The normalized spacial score (nSPS) is 10.9. The monoisotopic (exact) mass is 349 g/mol. The minimum Gasteiger partial charge on any atom is -0.616 e. The number of unbranched alkanes of at least 4 members (excludes halogenated alkanes) is 14. The fourth-order valence-corrected chi connectivity index (χ4v) is 3.17. The number of nitrogens with zero attached hydrogens (tertiary/aromatic N) is 1. The molecule has 3 heteroatoms. The molecule has 0 radical (unpaired) electrons. The van der Waals surface area contributed by atoms with Crippen molar-refractivity contribution in [1.82, 2.24) is 0 Å². The van der Waals surface area contributed by atoms with E-state index in [9.17, 15) is 5.21 Å². The molecule has 0 spiro atoms. The third-order valence-corrected chi connectivity index (χ3v) is 4.79. The van der Waals surface area contributed by atoms with Crippen molar-refractivity contribution in [3.63, 3.8) is 0 Å². The maximum Gasteiger partial charge on any atom is 0.379 e. The number of aromatic nitrogens is 1. The van der Waals surface area contributed by atoms with Crippen molar-refractivity contribution in [2.24, 2.45) is 0 Å². The van der Waals surface area contributed by atoms with Gasteiger partial charge in [0.05, 0.1) is 12.7 Å². The van der Waals surface area contributed by atoms with Crippen LogP contribution in [-0.2, 0) is 0 Å². The first kappa shape index (κ1) is 21.8. The SMILES string of the molecule is CCCCCCCCCCCCCCCCCOc1cccc[n+]1[O-]. The average molecular weight is 350 g/mol. The molecular formula is C22H39NO2. The molecule has 1 aromatic rings. The number of rotatable bonds is 17. The molecule has 0 N–H and O–H groups in total. The smallest absolute Gasteiger partial charge is 0.379 e. The summed E-state index contributed by atoms with van der Waals surface area (Å²) >= 11 is 0. The summed E-state index contributed by atoms with van der Waals surface area (Å²) in [5, 5.41) is 11.4. The molecule has 3 nitrogen and oxygen atoms in total. The third-order valence-electron chi connectivity index (χ3n) is 4.79. The molecule has 0 bridgehead atoms. The molecule has 0 saturated carbocycles. The Bertz CT molecular complexity index is 409. The van der Waals surface area contributed by atoms with Crippen LogP contribution >= 0.6 is 0 Å².